The average Bonchev–Trinajstić information content (AvgIpc) is 3.18. The summed E-state index contributed by atoms with van der Waals surface area (Å²) < 4.78 is 11.9. The van der Waals surface area contributed by atoms with Crippen molar-refractivity contribution in [3.05, 3.63) is 36.0 Å². The van der Waals surface area contributed by atoms with E-state index in [9.17, 15) is 4.79 Å². The average molecular weight is 354 g/mol. The first kappa shape index (κ1) is 16.9. The molecule has 1 spiro atoms. The lowest BCUT2D eigenvalue weighted by Crippen LogP contribution is -2.52. The van der Waals surface area contributed by atoms with Gasteiger partial charge in [0, 0.05) is 18.9 Å². The fourth-order valence-electron chi connectivity index (χ4n) is 7.27. The van der Waals surface area contributed by atoms with Gasteiger partial charge in [-0.25, -0.2) is 0 Å². The van der Waals surface area contributed by atoms with Gasteiger partial charge in [-0.15, -0.1) is 0 Å². The SMILES string of the molecule is C=C1CC2C(CC[C@@]3(C)C2CC[C@@]32C=CC(OC)O2)[C@H]2CCC(=O)C=C12. The Kier molecular flexibility index (Phi) is 3.68. The Morgan fingerprint density at radius 3 is 2.85 bits per heavy atom. The third kappa shape index (κ3) is 2.10. The van der Waals surface area contributed by atoms with Crippen LogP contribution in [0.1, 0.15) is 51.9 Å². The van der Waals surface area contributed by atoms with Crippen LogP contribution in [-0.4, -0.2) is 24.8 Å². The number of hydrogen-bond acceptors (Lipinski definition) is 3. The Morgan fingerprint density at radius 2 is 2.08 bits per heavy atom. The van der Waals surface area contributed by atoms with Crippen LogP contribution in [0, 0.1) is 29.1 Å². The number of rotatable bonds is 1. The number of ketones is 1. The smallest absolute Gasteiger partial charge is 0.177 e. The molecule has 0 aromatic carbocycles. The van der Waals surface area contributed by atoms with E-state index in [-0.39, 0.29) is 17.3 Å². The second kappa shape index (κ2) is 5.65. The van der Waals surface area contributed by atoms with Crippen molar-refractivity contribution in [1.82, 2.24) is 0 Å². The third-order valence-corrected chi connectivity index (χ3v) is 8.58. The molecule has 0 amide bonds. The van der Waals surface area contributed by atoms with E-state index in [1.165, 1.54) is 30.4 Å². The molecule has 5 aliphatic rings. The highest BCUT2D eigenvalue weighted by atomic mass is 16.7. The van der Waals surface area contributed by atoms with Crippen LogP contribution in [0.4, 0.5) is 0 Å². The van der Waals surface area contributed by atoms with Crippen molar-refractivity contribution < 1.29 is 14.3 Å². The van der Waals surface area contributed by atoms with E-state index < -0.39 is 0 Å². The number of hydrogen-bond donors (Lipinski definition) is 0. The van der Waals surface area contributed by atoms with E-state index in [1.54, 1.807) is 7.11 Å². The minimum atomic E-state index is -0.191. The summed E-state index contributed by atoms with van der Waals surface area (Å²) in [6.45, 7) is 6.85. The summed E-state index contributed by atoms with van der Waals surface area (Å²) in [6.07, 6.45) is 13.8. The number of methoxy groups -OCH3 is 1. The summed E-state index contributed by atoms with van der Waals surface area (Å²) in [4.78, 5) is 11.9. The lowest BCUT2D eigenvalue weighted by atomic mass is 9.50. The Morgan fingerprint density at radius 1 is 1.23 bits per heavy atom. The van der Waals surface area contributed by atoms with E-state index >= 15 is 0 Å². The molecule has 4 unspecified atom stereocenters. The molecule has 140 valence electrons. The topological polar surface area (TPSA) is 35.5 Å². The predicted octanol–water partition coefficient (Wildman–Crippen LogP) is 4.59. The summed E-state index contributed by atoms with van der Waals surface area (Å²) in [5.74, 6) is 2.95. The highest BCUT2D eigenvalue weighted by Crippen LogP contribution is 2.67. The first-order valence-electron chi connectivity index (χ1n) is 10.3. The van der Waals surface area contributed by atoms with E-state index in [0.29, 0.717) is 23.5 Å². The van der Waals surface area contributed by atoms with E-state index in [1.807, 2.05) is 6.08 Å². The molecule has 5 rings (SSSR count). The standard InChI is InChI=1S/C23H30O3/c1-14-12-19-17(16-5-4-15(24)13-18(14)16)6-9-22(2)20(19)7-10-23(22)11-8-21(25-3)26-23/h8,11,13,16-17,19-21H,1,4-7,9-10,12H2,2-3H3/t16-,17?,19?,20?,21?,22+,23-/m1/s1. The second-order valence-electron chi connectivity index (χ2n) is 9.42. The van der Waals surface area contributed by atoms with Gasteiger partial charge < -0.3 is 9.47 Å². The Balaban J connectivity index is 1.47. The molecule has 0 saturated heterocycles. The molecule has 0 N–H and O–H groups in total. The lowest BCUT2D eigenvalue weighted by molar-refractivity contribution is -0.190. The molecule has 1 aliphatic heterocycles. The monoisotopic (exact) mass is 354 g/mol. The molecule has 0 aromatic rings. The van der Waals surface area contributed by atoms with Crippen LogP contribution in [0.25, 0.3) is 0 Å². The fourth-order valence-corrected chi connectivity index (χ4v) is 7.27. The third-order valence-electron chi connectivity index (χ3n) is 8.58. The minimum Gasteiger partial charge on any atom is -0.352 e. The maximum absolute atomic E-state index is 11.9. The molecule has 3 nitrogen and oxygen atoms in total. The zero-order chi connectivity index (χ0) is 18.1. The van der Waals surface area contributed by atoms with E-state index in [0.717, 1.165) is 31.6 Å². The first-order chi connectivity index (χ1) is 12.5. The number of carbonyl (C=O) groups is 1. The number of allylic oxidation sites excluding steroid dienone is 2. The Hall–Kier alpha value is -1.19. The van der Waals surface area contributed by atoms with Gasteiger partial charge in [-0.1, -0.05) is 25.2 Å². The van der Waals surface area contributed by atoms with Gasteiger partial charge >= 0.3 is 0 Å². The summed E-state index contributed by atoms with van der Waals surface area (Å²) >= 11 is 0. The number of ether oxygens (including phenoxy) is 2. The summed E-state index contributed by atoms with van der Waals surface area (Å²) in [5.41, 5.74) is 2.55. The highest BCUT2D eigenvalue weighted by Gasteiger charge is 2.64. The second-order valence-corrected chi connectivity index (χ2v) is 9.42. The van der Waals surface area contributed by atoms with E-state index in [2.05, 4.69) is 25.7 Å². The highest BCUT2D eigenvalue weighted by molar-refractivity contribution is 5.92. The molecule has 1 heterocycles. The van der Waals surface area contributed by atoms with Crippen LogP contribution < -0.4 is 0 Å². The van der Waals surface area contributed by atoms with Gasteiger partial charge in [-0.2, -0.15) is 0 Å². The molecule has 0 aromatic heterocycles. The normalized spacial score (nSPS) is 49.8. The molecule has 7 atom stereocenters. The molecule has 3 heteroatoms. The molecule has 26 heavy (non-hydrogen) atoms. The quantitative estimate of drug-likeness (QED) is 0.646. The zero-order valence-corrected chi connectivity index (χ0v) is 16.0. The van der Waals surface area contributed by atoms with Crippen LogP contribution >= 0.6 is 0 Å². The summed E-state index contributed by atoms with van der Waals surface area (Å²) in [5, 5.41) is 0. The summed E-state index contributed by atoms with van der Waals surface area (Å²) in [6, 6.07) is 0. The minimum absolute atomic E-state index is 0.150. The number of fused-ring (bicyclic) bond motifs is 6. The molecule has 0 bridgehead atoms. The number of carbonyl (C=O) groups excluding carboxylic acids is 1. The lowest BCUT2D eigenvalue weighted by Gasteiger charge is -2.56. The Labute approximate surface area is 156 Å². The van der Waals surface area contributed by atoms with Gasteiger partial charge in [0.15, 0.2) is 12.1 Å². The maximum atomic E-state index is 11.9. The van der Waals surface area contributed by atoms with Crippen molar-refractivity contribution in [2.75, 3.05) is 7.11 Å². The Bertz CT molecular complexity index is 719. The van der Waals surface area contributed by atoms with Gasteiger partial charge in [-0.3, -0.25) is 4.79 Å². The maximum Gasteiger partial charge on any atom is 0.177 e. The molecular formula is C23H30O3. The van der Waals surface area contributed by atoms with Gasteiger partial charge in [0.25, 0.3) is 0 Å². The van der Waals surface area contributed by atoms with Crippen LogP contribution in [0.5, 0.6) is 0 Å². The van der Waals surface area contributed by atoms with Crippen molar-refractivity contribution in [2.45, 2.75) is 63.8 Å². The molecule has 0 radical (unpaired) electrons. The molecule has 3 fully saturated rings. The van der Waals surface area contributed by atoms with Gasteiger partial charge in [0.1, 0.15) is 0 Å². The zero-order valence-electron chi connectivity index (χ0n) is 16.0. The largest absolute Gasteiger partial charge is 0.352 e. The fraction of sp³-hybridized carbons (Fsp3) is 0.696. The predicted molar refractivity (Wildman–Crippen MR) is 100 cm³/mol. The van der Waals surface area contributed by atoms with Crippen molar-refractivity contribution in [3.8, 4) is 0 Å². The first-order valence-corrected chi connectivity index (χ1v) is 10.3. The van der Waals surface area contributed by atoms with Crippen molar-refractivity contribution >= 4 is 5.78 Å². The molecular weight excluding hydrogens is 324 g/mol. The van der Waals surface area contributed by atoms with E-state index in [4.69, 9.17) is 9.47 Å². The van der Waals surface area contributed by atoms with Crippen molar-refractivity contribution in [3.63, 3.8) is 0 Å². The van der Waals surface area contributed by atoms with Crippen molar-refractivity contribution in [2.24, 2.45) is 29.1 Å². The van der Waals surface area contributed by atoms with Crippen molar-refractivity contribution in [1.29, 1.82) is 0 Å². The van der Waals surface area contributed by atoms with Crippen LogP contribution in [0.15, 0.2) is 36.0 Å². The van der Waals surface area contributed by atoms with Crippen LogP contribution in [0.2, 0.25) is 0 Å². The van der Waals surface area contributed by atoms with Gasteiger partial charge in [0.2, 0.25) is 0 Å². The summed E-state index contributed by atoms with van der Waals surface area (Å²) in [7, 11) is 1.73. The van der Waals surface area contributed by atoms with Crippen LogP contribution in [0.3, 0.4) is 0 Å². The van der Waals surface area contributed by atoms with Gasteiger partial charge in [-0.05, 0) is 79.9 Å². The van der Waals surface area contributed by atoms with Crippen LogP contribution in [-0.2, 0) is 14.3 Å². The molecule has 3 saturated carbocycles. The van der Waals surface area contributed by atoms with Gasteiger partial charge in [0.05, 0.1) is 5.60 Å². The molecule has 4 aliphatic carbocycles.